The molecular formula is C52H39N3. The molecular weight excluding hydrogens is 667 g/mol. The minimum atomic E-state index is -0.178. The maximum absolute atomic E-state index is 4.95. The number of fused-ring (bicyclic) bond motifs is 5. The first-order valence-corrected chi connectivity index (χ1v) is 19.2. The lowest BCUT2D eigenvalue weighted by molar-refractivity contribution is 0.666. The van der Waals surface area contributed by atoms with Crippen LogP contribution in [0.5, 0.6) is 0 Å². The highest BCUT2D eigenvalue weighted by Gasteiger charge is 2.39. The maximum atomic E-state index is 4.95. The Morgan fingerprint density at radius 2 is 0.909 bits per heavy atom. The zero-order valence-corrected chi connectivity index (χ0v) is 31.0. The molecule has 1 aromatic heterocycles. The minimum Gasteiger partial charge on any atom is -0.208 e. The topological polar surface area (TPSA) is 38.7 Å². The van der Waals surface area contributed by atoms with Gasteiger partial charge in [0.1, 0.15) is 0 Å². The van der Waals surface area contributed by atoms with Crippen molar-refractivity contribution in [3.8, 4) is 56.4 Å². The van der Waals surface area contributed by atoms with Crippen LogP contribution in [0.3, 0.4) is 0 Å². The van der Waals surface area contributed by atoms with Crippen molar-refractivity contribution in [2.75, 3.05) is 0 Å². The fourth-order valence-electron chi connectivity index (χ4n) is 8.63. The molecule has 1 heterocycles. The number of hydrogen-bond donors (Lipinski definition) is 0. The standard InChI is InChI=1S/C52H39N3/c1-52(2)46-33-41(36-24-28-40(29-25-36)51-54-49(38-16-8-4-9-17-38)53-50(55-51)39-18-10-5-11-19-39)30-31-44(46)47-45(32-42-20-12-13-21-43(42)48(47)52)37-26-22-35(23-27-37)34-14-6-3-7-15-34/h3-22,24-26,28-33H,23,27H2,1-2H3. The molecule has 0 bridgehead atoms. The Kier molecular flexibility index (Phi) is 7.96. The van der Waals surface area contributed by atoms with Gasteiger partial charge in [-0.3, -0.25) is 0 Å². The molecule has 2 aliphatic carbocycles. The molecule has 262 valence electrons. The van der Waals surface area contributed by atoms with Crippen molar-refractivity contribution in [3.05, 3.63) is 198 Å². The second kappa shape index (κ2) is 13.3. The molecule has 0 saturated carbocycles. The average Bonchev–Trinajstić information content (AvgIpc) is 3.50. The van der Waals surface area contributed by atoms with Gasteiger partial charge in [-0.05, 0) is 91.4 Å². The van der Waals surface area contributed by atoms with Crippen LogP contribution in [0.2, 0.25) is 0 Å². The fraction of sp³-hybridized carbons (Fsp3) is 0.0962. The summed E-state index contributed by atoms with van der Waals surface area (Å²) in [5.74, 6) is 1.99. The monoisotopic (exact) mass is 705 g/mol. The quantitative estimate of drug-likeness (QED) is 0.173. The molecule has 3 heteroatoms. The number of allylic oxidation sites excluding steroid dienone is 4. The Balaban J connectivity index is 1.04. The highest BCUT2D eigenvalue weighted by atomic mass is 15.0. The zero-order valence-electron chi connectivity index (χ0n) is 31.0. The molecule has 7 aromatic carbocycles. The molecule has 3 nitrogen and oxygen atoms in total. The van der Waals surface area contributed by atoms with E-state index in [9.17, 15) is 0 Å². The molecule has 0 spiro atoms. The number of benzene rings is 7. The summed E-state index contributed by atoms with van der Waals surface area (Å²) in [6, 6.07) is 58.2. The van der Waals surface area contributed by atoms with E-state index in [1.54, 1.807) is 0 Å². The van der Waals surface area contributed by atoms with Crippen molar-refractivity contribution in [2.45, 2.75) is 32.1 Å². The number of aromatic nitrogens is 3. The lowest BCUT2D eigenvalue weighted by atomic mass is 9.78. The van der Waals surface area contributed by atoms with Gasteiger partial charge in [0.05, 0.1) is 0 Å². The molecule has 2 aliphatic rings. The van der Waals surface area contributed by atoms with Crippen LogP contribution in [0, 0.1) is 0 Å². The van der Waals surface area contributed by atoms with Gasteiger partial charge in [-0.1, -0.05) is 178 Å². The SMILES string of the molecule is CC1(C)c2cc(-c3ccc(-c4nc(-c5ccccc5)nc(-c5ccccc5)n4)cc3)ccc2-c2c(C3=CC=C(c4ccccc4)CC3)cc3ccccc3c21. The van der Waals surface area contributed by atoms with E-state index in [1.807, 2.05) is 60.7 Å². The Morgan fingerprint density at radius 1 is 0.418 bits per heavy atom. The molecule has 0 amide bonds. The third kappa shape index (κ3) is 5.80. The second-order valence-corrected chi connectivity index (χ2v) is 15.1. The van der Waals surface area contributed by atoms with Crippen molar-refractivity contribution in [3.63, 3.8) is 0 Å². The van der Waals surface area contributed by atoms with Crippen LogP contribution in [0.25, 0.3) is 78.3 Å². The Bertz CT molecular complexity index is 2740. The lowest BCUT2D eigenvalue weighted by Gasteiger charge is -2.25. The number of rotatable bonds is 6. The summed E-state index contributed by atoms with van der Waals surface area (Å²) in [5, 5.41) is 2.64. The molecule has 55 heavy (non-hydrogen) atoms. The zero-order chi connectivity index (χ0) is 36.9. The van der Waals surface area contributed by atoms with E-state index >= 15 is 0 Å². The van der Waals surface area contributed by atoms with E-state index in [-0.39, 0.29) is 5.41 Å². The van der Waals surface area contributed by atoms with Crippen LogP contribution in [0.1, 0.15) is 48.9 Å². The van der Waals surface area contributed by atoms with Gasteiger partial charge >= 0.3 is 0 Å². The second-order valence-electron chi connectivity index (χ2n) is 15.1. The first kappa shape index (κ1) is 32.9. The largest absolute Gasteiger partial charge is 0.208 e. The first-order chi connectivity index (χ1) is 27.0. The van der Waals surface area contributed by atoms with Crippen molar-refractivity contribution in [1.29, 1.82) is 0 Å². The summed E-state index contributed by atoms with van der Waals surface area (Å²) in [5.41, 5.74) is 16.1. The molecule has 0 radical (unpaired) electrons. The maximum Gasteiger partial charge on any atom is 0.164 e. The Hall–Kier alpha value is -6.71. The van der Waals surface area contributed by atoms with E-state index in [2.05, 4.69) is 129 Å². The minimum absolute atomic E-state index is 0.178. The lowest BCUT2D eigenvalue weighted by Crippen LogP contribution is -2.16. The average molecular weight is 706 g/mol. The van der Waals surface area contributed by atoms with Gasteiger partial charge in [0.25, 0.3) is 0 Å². The summed E-state index contributed by atoms with van der Waals surface area (Å²) in [7, 11) is 0. The summed E-state index contributed by atoms with van der Waals surface area (Å²) >= 11 is 0. The molecule has 0 aliphatic heterocycles. The number of hydrogen-bond acceptors (Lipinski definition) is 3. The van der Waals surface area contributed by atoms with E-state index in [1.165, 1.54) is 60.9 Å². The van der Waals surface area contributed by atoms with Crippen LogP contribution in [0.15, 0.2) is 176 Å². The first-order valence-electron chi connectivity index (χ1n) is 19.2. The molecule has 0 atom stereocenters. The van der Waals surface area contributed by atoms with Gasteiger partial charge in [0.2, 0.25) is 0 Å². The molecule has 0 saturated heterocycles. The Labute approximate surface area is 322 Å². The highest BCUT2D eigenvalue weighted by Crippen LogP contribution is 2.55. The van der Waals surface area contributed by atoms with E-state index in [0.29, 0.717) is 17.5 Å². The predicted octanol–water partition coefficient (Wildman–Crippen LogP) is 13.3. The van der Waals surface area contributed by atoms with Gasteiger partial charge in [-0.15, -0.1) is 0 Å². The van der Waals surface area contributed by atoms with Gasteiger partial charge in [-0.25, -0.2) is 15.0 Å². The summed E-state index contributed by atoms with van der Waals surface area (Å²) in [4.78, 5) is 14.8. The van der Waals surface area contributed by atoms with Gasteiger partial charge in [0.15, 0.2) is 17.5 Å². The van der Waals surface area contributed by atoms with Crippen molar-refractivity contribution in [2.24, 2.45) is 0 Å². The summed E-state index contributed by atoms with van der Waals surface area (Å²) < 4.78 is 0. The third-order valence-electron chi connectivity index (χ3n) is 11.5. The van der Waals surface area contributed by atoms with Crippen LogP contribution in [0.4, 0.5) is 0 Å². The van der Waals surface area contributed by atoms with Crippen molar-refractivity contribution < 1.29 is 0 Å². The van der Waals surface area contributed by atoms with Crippen molar-refractivity contribution >= 4 is 21.9 Å². The van der Waals surface area contributed by atoms with Crippen LogP contribution in [-0.2, 0) is 5.41 Å². The Morgan fingerprint density at radius 3 is 1.51 bits per heavy atom. The third-order valence-corrected chi connectivity index (χ3v) is 11.5. The van der Waals surface area contributed by atoms with Crippen molar-refractivity contribution in [1.82, 2.24) is 15.0 Å². The van der Waals surface area contributed by atoms with Gasteiger partial charge in [0, 0.05) is 22.1 Å². The molecule has 10 rings (SSSR count). The van der Waals surface area contributed by atoms with Gasteiger partial charge < -0.3 is 0 Å². The van der Waals surface area contributed by atoms with Crippen LogP contribution < -0.4 is 0 Å². The predicted molar refractivity (Wildman–Crippen MR) is 228 cm³/mol. The molecule has 0 N–H and O–H groups in total. The molecule has 0 unspecified atom stereocenters. The van der Waals surface area contributed by atoms with Crippen LogP contribution in [-0.4, -0.2) is 15.0 Å². The summed E-state index contributed by atoms with van der Waals surface area (Å²) in [6.07, 6.45) is 6.77. The smallest absolute Gasteiger partial charge is 0.164 e. The molecule has 0 fully saturated rings. The van der Waals surface area contributed by atoms with E-state index in [0.717, 1.165) is 35.1 Å². The van der Waals surface area contributed by atoms with E-state index < -0.39 is 0 Å². The fourth-order valence-corrected chi connectivity index (χ4v) is 8.63. The van der Waals surface area contributed by atoms with E-state index in [4.69, 9.17) is 15.0 Å². The summed E-state index contributed by atoms with van der Waals surface area (Å²) in [6.45, 7) is 4.80. The van der Waals surface area contributed by atoms with Crippen LogP contribution >= 0.6 is 0 Å². The normalized spacial score (nSPS) is 14.2. The number of nitrogens with zero attached hydrogens (tertiary/aromatic N) is 3. The molecule has 8 aromatic rings. The highest BCUT2D eigenvalue weighted by molar-refractivity contribution is 6.03. The van der Waals surface area contributed by atoms with Gasteiger partial charge in [-0.2, -0.15) is 0 Å².